The largest absolute Gasteiger partial charge is 0.573 e. The minimum atomic E-state index is -4.76. The van der Waals surface area contributed by atoms with Gasteiger partial charge in [-0.1, -0.05) is 24.3 Å². The van der Waals surface area contributed by atoms with E-state index in [1.165, 1.54) is 36.4 Å². The van der Waals surface area contributed by atoms with Gasteiger partial charge in [-0.2, -0.15) is 13.2 Å². The third kappa shape index (κ3) is 5.54. The van der Waals surface area contributed by atoms with Crippen molar-refractivity contribution in [1.29, 1.82) is 0 Å². The van der Waals surface area contributed by atoms with Crippen LogP contribution in [0.1, 0.15) is 22.4 Å². The first-order valence-electron chi connectivity index (χ1n) is 9.85. The Hall–Kier alpha value is -3.34. The Morgan fingerprint density at radius 1 is 0.970 bits per heavy atom. The van der Waals surface area contributed by atoms with Gasteiger partial charge in [0.2, 0.25) is 0 Å². The molecular weight excluding hydrogens is 452 g/mol. The standard InChI is InChI=1S/C22H17F6N3O2/c23-21(24,25)15-5-3-14(4-6-15)19-29-18-9-10-31(12-17(18)20(32)30-19)11-13-1-7-16(8-2-13)33-22(26,27)28/h1-8H,9-12H2,(H,29,30,32). The van der Waals surface area contributed by atoms with E-state index in [9.17, 15) is 31.1 Å². The van der Waals surface area contributed by atoms with Crippen LogP contribution >= 0.6 is 0 Å². The lowest BCUT2D eigenvalue weighted by molar-refractivity contribution is -0.274. The van der Waals surface area contributed by atoms with Crippen molar-refractivity contribution in [2.45, 2.75) is 32.0 Å². The number of rotatable bonds is 4. The highest BCUT2D eigenvalue weighted by Crippen LogP contribution is 2.30. The lowest BCUT2D eigenvalue weighted by Crippen LogP contribution is -2.35. The predicted molar refractivity (Wildman–Crippen MR) is 106 cm³/mol. The van der Waals surface area contributed by atoms with Gasteiger partial charge in [0.15, 0.2) is 0 Å². The molecule has 2 heterocycles. The molecule has 1 N–H and O–H groups in total. The highest BCUT2D eigenvalue weighted by Gasteiger charge is 2.31. The van der Waals surface area contributed by atoms with Gasteiger partial charge >= 0.3 is 12.5 Å². The van der Waals surface area contributed by atoms with Crippen molar-refractivity contribution in [2.75, 3.05) is 6.54 Å². The fourth-order valence-electron chi connectivity index (χ4n) is 3.62. The summed E-state index contributed by atoms with van der Waals surface area (Å²) in [6, 6.07) is 9.88. The van der Waals surface area contributed by atoms with Crippen LogP contribution in [0.15, 0.2) is 53.3 Å². The molecule has 1 aliphatic rings. The summed E-state index contributed by atoms with van der Waals surface area (Å²) in [5.74, 6) is -0.118. The van der Waals surface area contributed by atoms with Crippen molar-refractivity contribution in [3.05, 3.63) is 81.3 Å². The number of nitrogens with one attached hydrogen (secondary N) is 1. The van der Waals surface area contributed by atoms with Crippen LogP contribution in [-0.2, 0) is 25.7 Å². The van der Waals surface area contributed by atoms with E-state index in [1.807, 2.05) is 4.90 Å². The van der Waals surface area contributed by atoms with Crippen molar-refractivity contribution in [2.24, 2.45) is 0 Å². The van der Waals surface area contributed by atoms with Crippen LogP contribution in [0.2, 0.25) is 0 Å². The van der Waals surface area contributed by atoms with Gasteiger partial charge in [-0.15, -0.1) is 13.2 Å². The van der Waals surface area contributed by atoms with E-state index in [-0.39, 0.29) is 23.7 Å². The molecule has 0 saturated carbocycles. The maximum atomic E-state index is 12.8. The zero-order valence-corrected chi connectivity index (χ0v) is 16.9. The summed E-state index contributed by atoms with van der Waals surface area (Å²) < 4.78 is 79.0. The summed E-state index contributed by atoms with van der Waals surface area (Å²) in [6.45, 7) is 1.24. The van der Waals surface area contributed by atoms with Gasteiger partial charge in [-0.3, -0.25) is 9.69 Å². The molecule has 0 aliphatic carbocycles. The van der Waals surface area contributed by atoms with E-state index < -0.39 is 18.1 Å². The maximum Gasteiger partial charge on any atom is 0.573 e. The molecule has 1 aromatic heterocycles. The molecule has 11 heteroatoms. The first-order chi connectivity index (χ1) is 15.5. The Morgan fingerprint density at radius 2 is 1.64 bits per heavy atom. The fraction of sp³-hybridized carbons (Fsp3) is 0.273. The normalized spacial score (nSPS) is 14.7. The molecular formula is C22H17F6N3O2. The number of hydrogen-bond donors (Lipinski definition) is 1. The number of benzene rings is 2. The number of halogens is 6. The van der Waals surface area contributed by atoms with Gasteiger partial charge in [0.25, 0.3) is 5.56 Å². The summed E-state index contributed by atoms with van der Waals surface area (Å²) >= 11 is 0. The quantitative estimate of drug-likeness (QED) is 0.552. The van der Waals surface area contributed by atoms with Gasteiger partial charge < -0.3 is 9.72 Å². The van der Waals surface area contributed by atoms with Crippen molar-refractivity contribution < 1.29 is 31.1 Å². The number of aromatic amines is 1. The number of nitrogens with zero attached hydrogens (tertiary/aromatic N) is 2. The minimum Gasteiger partial charge on any atom is -0.406 e. The van der Waals surface area contributed by atoms with Crippen molar-refractivity contribution in [1.82, 2.24) is 14.9 Å². The Balaban J connectivity index is 1.47. The molecule has 33 heavy (non-hydrogen) atoms. The number of H-pyrrole nitrogens is 1. The highest BCUT2D eigenvalue weighted by atomic mass is 19.4. The van der Waals surface area contributed by atoms with Gasteiger partial charge in [0.05, 0.1) is 16.8 Å². The average Bonchev–Trinajstić information content (AvgIpc) is 2.74. The molecule has 0 amide bonds. The van der Waals surface area contributed by atoms with Gasteiger partial charge in [-0.05, 0) is 29.8 Å². The molecule has 0 atom stereocenters. The van der Waals surface area contributed by atoms with Gasteiger partial charge in [0.1, 0.15) is 11.6 Å². The van der Waals surface area contributed by atoms with Crippen LogP contribution < -0.4 is 10.3 Å². The molecule has 1 aliphatic heterocycles. The zero-order valence-electron chi connectivity index (χ0n) is 16.9. The molecule has 0 radical (unpaired) electrons. The summed E-state index contributed by atoms with van der Waals surface area (Å²) in [5, 5.41) is 0. The lowest BCUT2D eigenvalue weighted by Gasteiger charge is -2.27. The molecule has 0 bridgehead atoms. The third-order valence-corrected chi connectivity index (χ3v) is 5.20. The van der Waals surface area contributed by atoms with E-state index in [0.29, 0.717) is 36.3 Å². The number of aromatic nitrogens is 2. The summed E-state index contributed by atoms with van der Waals surface area (Å²) in [6.07, 6.45) is -8.77. The van der Waals surface area contributed by atoms with Crippen molar-refractivity contribution in [3.8, 4) is 17.1 Å². The number of fused-ring (bicyclic) bond motifs is 1. The highest BCUT2D eigenvalue weighted by molar-refractivity contribution is 5.56. The smallest absolute Gasteiger partial charge is 0.406 e. The molecule has 0 fully saturated rings. The van der Waals surface area contributed by atoms with Crippen molar-refractivity contribution >= 4 is 0 Å². The van der Waals surface area contributed by atoms with Crippen LogP contribution in [-0.4, -0.2) is 27.8 Å². The van der Waals surface area contributed by atoms with Crippen LogP contribution in [0.5, 0.6) is 5.75 Å². The van der Waals surface area contributed by atoms with Crippen LogP contribution in [0.25, 0.3) is 11.4 Å². The van der Waals surface area contributed by atoms with Gasteiger partial charge in [-0.25, -0.2) is 4.98 Å². The summed E-state index contributed by atoms with van der Waals surface area (Å²) in [5.41, 5.74) is 0.965. The monoisotopic (exact) mass is 469 g/mol. The molecule has 0 spiro atoms. The second kappa shape index (κ2) is 8.54. The van der Waals surface area contributed by atoms with E-state index in [4.69, 9.17) is 0 Å². The maximum absolute atomic E-state index is 12.8. The Labute approximate surface area is 183 Å². The molecule has 3 aromatic rings. The topological polar surface area (TPSA) is 58.2 Å². The minimum absolute atomic E-state index is 0.196. The van der Waals surface area contributed by atoms with E-state index >= 15 is 0 Å². The Kier molecular flexibility index (Phi) is 5.91. The first-order valence-corrected chi connectivity index (χ1v) is 9.85. The first kappa shape index (κ1) is 22.8. The average molecular weight is 469 g/mol. The predicted octanol–water partition coefficient (Wildman–Crippen LogP) is 4.91. The summed E-state index contributed by atoms with van der Waals surface area (Å²) in [4.78, 5) is 21.7. The van der Waals surface area contributed by atoms with E-state index in [1.54, 1.807) is 0 Å². The van der Waals surface area contributed by atoms with E-state index in [0.717, 1.165) is 17.7 Å². The zero-order chi connectivity index (χ0) is 23.8. The molecule has 2 aromatic carbocycles. The SMILES string of the molecule is O=c1[nH]c(-c2ccc(C(F)(F)F)cc2)nc2c1CN(Cc1ccc(OC(F)(F)F)cc1)CC2. The van der Waals surface area contributed by atoms with Crippen LogP contribution in [0, 0.1) is 0 Å². The molecule has 5 nitrogen and oxygen atoms in total. The van der Waals surface area contributed by atoms with Crippen LogP contribution in [0.4, 0.5) is 26.3 Å². The molecule has 4 rings (SSSR count). The fourth-order valence-corrected chi connectivity index (χ4v) is 3.62. The number of alkyl halides is 6. The summed E-state index contributed by atoms with van der Waals surface area (Å²) in [7, 11) is 0. The Bertz CT molecular complexity index is 1190. The third-order valence-electron chi connectivity index (χ3n) is 5.20. The number of ether oxygens (including phenoxy) is 1. The van der Waals surface area contributed by atoms with E-state index in [2.05, 4.69) is 14.7 Å². The second-order valence-electron chi connectivity index (χ2n) is 7.57. The van der Waals surface area contributed by atoms with Crippen molar-refractivity contribution in [3.63, 3.8) is 0 Å². The Morgan fingerprint density at radius 3 is 2.24 bits per heavy atom. The number of hydrogen-bond acceptors (Lipinski definition) is 4. The lowest BCUT2D eigenvalue weighted by atomic mass is 10.0. The molecule has 0 unspecified atom stereocenters. The molecule has 0 saturated heterocycles. The van der Waals surface area contributed by atoms with Gasteiger partial charge in [0, 0.05) is 31.6 Å². The van der Waals surface area contributed by atoms with Crippen LogP contribution in [0.3, 0.4) is 0 Å². The second-order valence-corrected chi connectivity index (χ2v) is 7.57. The molecule has 174 valence electrons.